The van der Waals surface area contributed by atoms with Crippen LogP contribution in [0.5, 0.6) is 5.75 Å². The largest absolute Gasteiger partial charge is 0.495 e. The highest BCUT2D eigenvalue weighted by atomic mass is 16.6. The first-order chi connectivity index (χ1) is 11.6. The zero-order valence-electron chi connectivity index (χ0n) is 14.3. The van der Waals surface area contributed by atoms with E-state index in [-0.39, 0.29) is 23.4 Å². The number of carboxylic acid groups (broad SMARTS) is 1. The second-order valence-corrected chi connectivity index (χ2v) is 5.81. The third-order valence-electron chi connectivity index (χ3n) is 2.70. The van der Waals surface area contributed by atoms with Crippen molar-refractivity contribution in [3.05, 3.63) is 23.8 Å². The molecular weight excluding hydrogens is 334 g/mol. The summed E-state index contributed by atoms with van der Waals surface area (Å²) in [4.78, 5) is 46.5. The Bertz CT molecular complexity index is 677. The van der Waals surface area contributed by atoms with Gasteiger partial charge in [-0.1, -0.05) is 0 Å². The van der Waals surface area contributed by atoms with E-state index >= 15 is 0 Å². The fourth-order valence-corrected chi connectivity index (χ4v) is 1.73. The highest BCUT2D eigenvalue weighted by Crippen LogP contribution is 2.30. The Morgan fingerprint density at radius 2 is 1.88 bits per heavy atom. The Kier molecular flexibility index (Phi) is 6.49. The number of hydrogen-bond donors (Lipinski definition) is 1. The maximum Gasteiger partial charge on any atom is 0.421 e. The van der Waals surface area contributed by atoms with Crippen LogP contribution in [0.15, 0.2) is 18.2 Å². The molecule has 25 heavy (non-hydrogen) atoms. The van der Waals surface area contributed by atoms with Gasteiger partial charge in [-0.2, -0.15) is 0 Å². The van der Waals surface area contributed by atoms with Gasteiger partial charge in [-0.05, 0) is 39.0 Å². The summed E-state index contributed by atoms with van der Waals surface area (Å²) in [6.45, 7) is 4.07. The highest BCUT2D eigenvalue weighted by Gasteiger charge is 2.26. The molecular formula is C16H19NO8. The molecule has 1 aromatic rings. The summed E-state index contributed by atoms with van der Waals surface area (Å²) in [5.74, 6) is -2.11. The molecule has 0 fully saturated rings. The lowest BCUT2D eigenvalue weighted by molar-refractivity contribution is -0.140. The number of imide groups is 1. The fraction of sp³-hybridized carbons (Fsp3) is 0.375. The molecule has 1 rings (SSSR count). The van der Waals surface area contributed by atoms with Crippen molar-refractivity contribution >= 4 is 30.1 Å². The van der Waals surface area contributed by atoms with Gasteiger partial charge in [0.1, 0.15) is 11.4 Å². The van der Waals surface area contributed by atoms with E-state index in [2.05, 4.69) is 4.74 Å². The quantitative estimate of drug-likeness (QED) is 0.607. The van der Waals surface area contributed by atoms with Crippen molar-refractivity contribution in [3.8, 4) is 5.75 Å². The molecule has 0 radical (unpaired) electrons. The number of carbonyl (C=O) groups is 4. The molecule has 0 bridgehead atoms. The third kappa shape index (κ3) is 5.79. The third-order valence-corrected chi connectivity index (χ3v) is 2.70. The molecule has 1 aromatic carbocycles. The van der Waals surface area contributed by atoms with Gasteiger partial charge in [-0.3, -0.25) is 4.79 Å². The van der Waals surface area contributed by atoms with Crippen LogP contribution in [0.2, 0.25) is 0 Å². The molecule has 136 valence electrons. The van der Waals surface area contributed by atoms with Gasteiger partial charge in [-0.25, -0.2) is 19.3 Å². The van der Waals surface area contributed by atoms with Gasteiger partial charge in [0.05, 0.1) is 18.4 Å². The van der Waals surface area contributed by atoms with Gasteiger partial charge >= 0.3 is 18.0 Å². The van der Waals surface area contributed by atoms with Gasteiger partial charge in [0, 0.05) is 0 Å². The predicted molar refractivity (Wildman–Crippen MR) is 85.7 cm³/mol. The average Bonchev–Trinajstić information content (AvgIpc) is 2.51. The van der Waals surface area contributed by atoms with Crippen LogP contribution in [0.25, 0.3) is 0 Å². The summed E-state index contributed by atoms with van der Waals surface area (Å²) >= 11 is 0. The van der Waals surface area contributed by atoms with E-state index in [1.165, 1.54) is 25.3 Å². The molecule has 0 spiro atoms. The average molecular weight is 353 g/mol. The van der Waals surface area contributed by atoms with Crippen molar-refractivity contribution < 1.29 is 38.5 Å². The first-order valence-electron chi connectivity index (χ1n) is 7.13. The maximum absolute atomic E-state index is 12.2. The number of benzene rings is 1. The second kappa shape index (κ2) is 8.13. The minimum atomic E-state index is -1.31. The lowest BCUT2D eigenvalue weighted by atomic mass is 10.1. The van der Waals surface area contributed by atoms with Crippen molar-refractivity contribution in [2.45, 2.75) is 26.4 Å². The molecule has 2 amide bonds. The zero-order chi connectivity index (χ0) is 19.2. The molecule has 9 nitrogen and oxygen atoms in total. The lowest BCUT2D eigenvalue weighted by Crippen LogP contribution is -2.36. The van der Waals surface area contributed by atoms with E-state index in [0.717, 1.165) is 0 Å². The smallest absolute Gasteiger partial charge is 0.421 e. The normalized spacial score (nSPS) is 10.6. The zero-order valence-corrected chi connectivity index (χ0v) is 14.3. The van der Waals surface area contributed by atoms with Gasteiger partial charge in [0.25, 0.3) is 0 Å². The minimum Gasteiger partial charge on any atom is -0.495 e. The molecule has 0 aliphatic carbocycles. The van der Waals surface area contributed by atoms with Gasteiger partial charge < -0.3 is 19.3 Å². The number of carboxylic acids is 1. The molecule has 1 N–H and O–H groups in total. The van der Waals surface area contributed by atoms with Crippen LogP contribution in [-0.4, -0.2) is 48.9 Å². The molecule has 0 aromatic heterocycles. The number of nitrogens with zero attached hydrogens (tertiary/aromatic N) is 1. The van der Waals surface area contributed by atoms with Crippen LogP contribution in [-0.2, 0) is 19.1 Å². The Balaban J connectivity index is 3.19. The van der Waals surface area contributed by atoms with Crippen molar-refractivity contribution in [1.29, 1.82) is 0 Å². The highest BCUT2D eigenvalue weighted by molar-refractivity contribution is 6.06. The standard InChI is InChI=1S/C16H19NO8/c1-16(2,3)25-15(22)17(9-18)11-7-10(5-6-12(11)23-4)14(21)24-8-13(19)20/h5-7,9H,8H2,1-4H3,(H,19,20). The first-order valence-corrected chi connectivity index (χ1v) is 7.13. The number of amides is 2. The van der Waals surface area contributed by atoms with Crippen LogP contribution in [0.1, 0.15) is 31.1 Å². The first kappa shape index (κ1) is 19.9. The van der Waals surface area contributed by atoms with E-state index in [4.69, 9.17) is 14.6 Å². The molecule has 0 heterocycles. The number of esters is 1. The van der Waals surface area contributed by atoms with Crippen molar-refractivity contribution in [2.24, 2.45) is 0 Å². The SMILES string of the molecule is COc1ccc(C(=O)OCC(=O)O)cc1N(C=O)C(=O)OC(C)(C)C. The number of anilines is 1. The topological polar surface area (TPSA) is 119 Å². The molecule has 0 atom stereocenters. The number of rotatable bonds is 6. The van der Waals surface area contributed by atoms with Crippen LogP contribution in [0, 0.1) is 0 Å². The molecule has 0 aliphatic rings. The van der Waals surface area contributed by atoms with E-state index in [9.17, 15) is 19.2 Å². The van der Waals surface area contributed by atoms with Crippen molar-refractivity contribution in [2.75, 3.05) is 18.6 Å². The summed E-state index contributed by atoms with van der Waals surface area (Å²) in [6, 6.07) is 3.82. The summed E-state index contributed by atoms with van der Waals surface area (Å²) in [5.41, 5.74) is -0.951. The van der Waals surface area contributed by atoms with E-state index < -0.39 is 30.2 Å². The Hall–Kier alpha value is -3.10. The van der Waals surface area contributed by atoms with Crippen molar-refractivity contribution in [3.63, 3.8) is 0 Å². The number of methoxy groups -OCH3 is 1. The van der Waals surface area contributed by atoms with Gasteiger partial charge in [0.15, 0.2) is 6.61 Å². The molecule has 0 saturated heterocycles. The minimum absolute atomic E-state index is 0.0449. The van der Waals surface area contributed by atoms with E-state index in [1.54, 1.807) is 20.8 Å². The second-order valence-electron chi connectivity index (χ2n) is 5.81. The van der Waals surface area contributed by atoms with Crippen LogP contribution in [0.4, 0.5) is 10.5 Å². The van der Waals surface area contributed by atoms with Gasteiger partial charge in [0.2, 0.25) is 6.41 Å². The maximum atomic E-state index is 12.2. The number of aliphatic carboxylic acids is 1. The summed E-state index contributed by atoms with van der Waals surface area (Å²) in [7, 11) is 1.32. The van der Waals surface area contributed by atoms with Crippen LogP contribution >= 0.6 is 0 Å². The fourth-order valence-electron chi connectivity index (χ4n) is 1.73. The molecule has 0 saturated carbocycles. The monoisotopic (exact) mass is 353 g/mol. The summed E-state index contributed by atoms with van der Waals surface area (Å²) in [6.07, 6.45) is -0.741. The molecule has 0 unspecified atom stereocenters. The van der Waals surface area contributed by atoms with Crippen LogP contribution in [0.3, 0.4) is 0 Å². The van der Waals surface area contributed by atoms with Crippen molar-refractivity contribution in [1.82, 2.24) is 0 Å². The van der Waals surface area contributed by atoms with E-state index in [1.807, 2.05) is 0 Å². The molecule has 9 heteroatoms. The van der Waals surface area contributed by atoms with Gasteiger partial charge in [-0.15, -0.1) is 0 Å². The number of hydrogen-bond acceptors (Lipinski definition) is 7. The summed E-state index contributed by atoms with van der Waals surface area (Å²) < 4.78 is 14.8. The van der Waals surface area contributed by atoms with E-state index in [0.29, 0.717) is 4.90 Å². The number of carbonyl (C=O) groups excluding carboxylic acids is 3. The Labute approximate surface area is 144 Å². The lowest BCUT2D eigenvalue weighted by Gasteiger charge is -2.24. The van der Waals surface area contributed by atoms with Crippen LogP contribution < -0.4 is 9.64 Å². The molecule has 0 aliphatic heterocycles. The predicted octanol–water partition coefficient (Wildman–Crippen LogP) is 1.83. The Morgan fingerprint density at radius 1 is 1.24 bits per heavy atom. The summed E-state index contributed by atoms with van der Waals surface area (Å²) in [5, 5.41) is 8.54. The number of ether oxygens (including phenoxy) is 3. The Morgan fingerprint density at radius 3 is 2.36 bits per heavy atom.